The predicted octanol–water partition coefficient (Wildman–Crippen LogP) is 5.19. The summed E-state index contributed by atoms with van der Waals surface area (Å²) in [5.41, 5.74) is 1.54. The van der Waals surface area contributed by atoms with Crippen LogP contribution >= 0.6 is 0 Å². The second-order valence-electron chi connectivity index (χ2n) is 9.49. The van der Waals surface area contributed by atoms with E-state index in [2.05, 4.69) is 18.0 Å². The third-order valence-electron chi connectivity index (χ3n) is 6.52. The van der Waals surface area contributed by atoms with Crippen molar-refractivity contribution in [3.63, 3.8) is 0 Å². The molecule has 1 aromatic heterocycles. The molecule has 2 saturated heterocycles. The molecule has 178 valence electrons. The first-order valence-corrected chi connectivity index (χ1v) is 12.2. The van der Waals surface area contributed by atoms with Gasteiger partial charge in [0.2, 0.25) is 0 Å². The monoisotopic (exact) mass is 452 g/mol. The fourth-order valence-electron chi connectivity index (χ4n) is 4.89. The number of carbonyl (C=O) groups is 1. The normalized spacial score (nSPS) is 22.5. The van der Waals surface area contributed by atoms with Gasteiger partial charge in [-0.25, -0.2) is 0 Å². The van der Waals surface area contributed by atoms with Crippen molar-refractivity contribution in [3.05, 3.63) is 59.9 Å². The molecule has 1 aromatic carbocycles. The van der Waals surface area contributed by atoms with Crippen LogP contribution in [-0.4, -0.2) is 53.3 Å². The number of hydrogen-bond donors (Lipinski definition) is 0. The van der Waals surface area contributed by atoms with Crippen LogP contribution in [0.2, 0.25) is 0 Å². The number of aromatic nitrogens is 1. The number of hydrogen-bond acceptors (Lipinski definition) is 5. The lowest BCUT2D eigenvalue weighted by atomic mass is 9.80. The summed E-state index contributed by atoms with van der Waals surface area (Å²) in [7, 11) is 0. The van der Waals surface area contributed by atoms with Gasteiger partial charge >= 0.3 is 0 Å². The SMILES string of the molecule is CCCOC1CC(c2cccnc2)OC2(CCN(C(=O)c3ccc(OC(C)C)cc3)CC2)C1. The Bertz CT molecular complexity index is 892. The lowest BCUT2D eigenvalue weighted by molar-refractivity contribution is -0.191. The van der Waals surface area contributed by atoms with Crippen LogP contribution in [0.15, 0.2) is 48.8 Å². The molecule has 0 aliphatic carbocycles. The zero-order valence-electron chi connectivity index (χ0n) is 20.0. The van der Waals surface area contributed by atoms with Crippen LogP contribution in [0.1, 0.15) is 74.9 Å². The number of piperidine rings is 1. The number of amides is 1. The van der Waals surface area contributed by atoms with E-state index in [-0.39, 0.29) is 29.8 Å². The van der Waals surface area contributed by atoms with Crippen molar-refractivity contribution in [2.45, 2.75) is 76.8 Å². The third kappa shape index (κ3) is 5.92. The molecule has 0 saturated carbocycles. The van der Waals surface area contributed by atoms with E-state index < -0.39 is 0 Å². The van der Waals surface area contributed by atoms with E-state index in [1.165, 1.54) is 0 Å². The molecule has 0 radical (unpaired) electrons. The minimum atomic E-state index is -0.261. The van der Waals surface area contributed by atoms with Gasteiger partial charge in [-0.3, -0.25) is 9.78 Å². The summed E-state index contributed by atoms with van der Waals surface area (Å²) in [6, 6.07) is 11.5. The number of carbonyl (C=O) groups excluding carboxylic acids is 1. The van der Waals surface area contributed by atoms with Crippen LogP contribution in [-0.2, 0) is 9.47 Å². The number of ether oxygens (including phenoxy) is 3. The highest BCUT2D eigenvalue weighted by Gasteiger charge is 2.45. The van der Waals surface area contributed by atoms with E-state index in [4.69, 9.17) is 14.2 Å². The molecule has 6 nitrogen and oxygen atoms in total. The molecule has 3 heterocycles. The van der Waals surface area contributed by atoms with Crippen molar-refractivity contribution in [1.82, 2.24) is 9.88 Å². The fourth-order valence-corrected chi connectivity index (χ4v) is 4.89. The second-order valence-corrected chi connectivity index (χ2v) is 9.49. The van der Waals surface area contributed by atoms with Crippen LogP contribution in [0.3, 0.4) is 0 Å². The Hall–Kier alpha value is -2.44. The third-order valence-corrected chi connectivity index (χ3v) is 6.52. The molecule has 33 heavy (non-hydrogen) atoms. The fraction of sp³-hybridized carbons (Fsp3) is 0.556. The Morgan fingerprint density at radius 3 is 2.61 bits per heavy atom. The van der Waals surface area contributed by atoms with Crippen LogP contribution in [0.25, 0.3) is 0 Å². The maximum atomic E-state index is 13.1. The summed E-state index contributed by atoms with van der Waals surface area (Å²) in [4.78, 5) is 19.3. The number of likely N-dealkylation sites (tertiary alicyclic amines) is 1. The molecule has 2 unspecified atom stereocenters. The molecule has 4 rings (SSSR count). The molecule has 2 aromatic rings. The van der Waals surface area contributed by atoms with Gasteiger partial charge in [-0.2, -0.15) is 0 Å². The highest BCUT2D eigenvalue weighted by Crippen LogP contribution is 2.44. The van der Waals surface area contributed by atoms with Gasteiger partial charge in [0.1, 0.15) is 5.75 Å². The molecular formula is C27H36N2O4. The Morgan fingerprint density at radius 1 is 1.21 bits per heavy atom. The molecule has 2 fully saturated rings. The lowest BCUT2D eigenvalue weighted by Gasteiger charge is -2.48. The molecule has 0 bridgehead atoms. The smallest absolute Gasteiger partial charge is 0.253 e. The van der Waals surface area contributed by atoms with Crippen molar-refractivity contribution in [2.75, 3.05) is 19.7 Å². The molecule has 0 N–H and O–H groups in total. The topological polar surface area (TPSA) is 60.9 Å². The van der Waals surface area contributed by atoms with Crippen molar-refractivity contribution >= 4 is 5.91 Å². The number of rotatable bonds is 7. The first-order chi connectivity index (χ1) is 16.0. The van der Waals surface area contributed by atoms with Crippen LogP contribution in [0.5, 0.6) is 5.75 Å². The summed E-state index contributed by atoms with van der Waals surface area (Å²) < 4.78 is 18.6. The van der Waals surface area contributed by atoms with Crippen molar-refractivity contribution < 1.29 is 19.0 Å². The summed E-state index contributed by atoms with van der Waals surface area (Å²) in [5, 5.41) is 0. The van der Waals surface area contributed by atoms with Crippen LogP contribution < -0.4 is 4.74 Å². The van der Waals surface area contributed by atoms with Gasteiger partial charge in [-0.05, 0) is 69.0 Å². The zero-order chi connectivity index (χ0) is 23.3. The highest BCUT2D eigenvalue weighted by molar-refractivity contribution is 5.94. The summed E-state index contributed by atoms with van der Waals surface area (Å²) in [6.07, 6.45) is 8.31. The van der Waals surface area contributed by atoms with E-state index in [1.807, 2.05) is 55.3 Å². The molecule has 1 amide bonds. The number of nitrogens with zero attached hydrogens (tertiary/aromatic N) is 2. The highest BCUT2D eigenvalue weighted by atomic mass is 16.5. The van der Waals surface area contributed by atoms with Crippen molar-refractivity contribution in [1.29, 1.82) is 0 Å². The van der Waals surface area contributed by atoms with Gasteiger partial charge in [-0.15, -0.1) is 0 Å². The maximum Gasteiger partial charge on any atom is 0.253 e. The van der Waals surface area contributed by atoms with Crippen molar-refractivity contribution in [3.8, 4) is 5.75 Å². The predicted molar refractivity (Wildman–Crippen MR) is 127 cm³/mol. The lowest BCUT2D eigenvalue weighted by Crippen LogP contribution is -2.52. The first-order valence-electron chi connectivity index (χ1n) is 12.2. The number of benzene rings is 1. The first kappa shape index (κ1) is 23.7. The Balaban J connectivity index is 1.42. The zero-order valence-corrected chi connectivity index (χ0v) is 20.0. The molecule has 2 aliphatic rings. The van der Waals surface area contributed by atoms with Crippen LogP contribution in [0, 0.1) is 0 Å². The average molecular weight is 453 g/mol. The second kappa shape index (κ2) is 10.7. The van der Waals surface area contributed by atoms with Crippen LogP contribution in [0.4, 0.5) is 0 Å². The largest absolute Gasteiger partial charge is 0.491 e. The van der Waals surface area contributed by atoms with Gasteiger partial charge in [-0.1, -0.05) is 13.0 Å². The Morgan fingerprint density at radius 2 is 1.97 bits per heavy atom. The molecular weight excluding hydrogens is 416 g/mol. The number of pyridine rings is 1. The molecule has 6 heteroatoms. The maximum absolute atomic E-state index is 13.1. The average Bonchev–Trinajstić information content (AvgIpc) is 2.83. The molecule has 2 aliphatic heterocycles. The van der Waals surface area contributed by atoms with E-state index in [0.29, 0.717) is 18.7 Å². The quantitative estimate of drug-likeness (QED) is 0.579. The van der Waals surface area contributed by atoms with Gasteiger partial charge in [0.05, 0.1) is 23.9 Å². The van der Waals surface area contributed by atoms with Gasteiger partial charge in [0, 0.05) is 50.5 Å². The van der Waals surface area contributed by atoms with E-state index in [9.17, 15) is 4.79 Å². The Kier molecular flexibility index (Phi) is 7.66. The molecule has 1 spiro atoms. The summed E-state index contributed by atoms with van der Waals surface area (Å²) >= 11 is 0. The Labute approximate surface area is 197 Å². The minimum Gasteiger partial charge on any atom is -0.491 e. The van der Waals surface area contributed by atoms with E-state index in [0.717, 1.165) is 50.0 Å². The molecule has 2 atom stereocenters. The van der Waals surface area contributed by atoms with E-state index in [1.54, 1.807) is 6.20 Å². The summed E-state index contributed by atoms with van der Waals surface area (Å²) in [5.74, 6) is 0.855. The van der Waals surface area contributed by atoms with Gasteiger partial charge in [0.15, 0.2) is 0 Å². The van der Waals surface area contributed by atoms with Gasteiger partial charge in [0.25, 0.3) is 5.91 Å². The summed E-state index contributed by atoms with van der Waals surface area (Å²) in [6.45, 7) is 8.26. The van der Waals surface area contributed by atoms with Gasteiger partial charge < -0.3 is 19.1 Å². The van der Waals surface area contributed by atoms with E-state index >= 15 is 0 Å². The minimum absolute atomic E-state index is 0.0231. The van der Waals surface area contributed by atoms with Crippen molar-refractivity contribution in [2.24, 2.45) is 0 Å². The standard InChI is InChI=1S/C27H36N2O4/c1-4-16-31-24-17-25(22-6-5-13-28-19-22)33-27(18-24)11-14-29(15-12-27)26(30)21-7-9-23(10-8-21)32-20(2)3/h5-10,13,19-20,24-25H,4,11-12,14-18H2,1-3H3.